The Balaban J connectivity index is 0.00000180. The summed E-state index contributed by atoms with van der Waals surface area (Å²) in [6.45, 7) is 4.42. The average Bonchev–Trinajstić information content (AvgIpc) is 2.73. The van der Waals surface area contributed by atoms with E-state index in [1.807, 2.05) is 29.2 Å². The van der Waals surface area contributed by atoms with Crippen molar-refractivity contribution in [1.29, 1.82) is 0 Å². The summed E-state index contributed by atoms with van der Waals surface area (Å²) in [5.74, 6) is 0.199. The number of hydrogen-bond donors (Lipinski definition) is 1. The topological polar surface area (TPSA) is 46.3 Å². The van der Waals surface area contributed by atoms with Gasteiger partial charge in [-0.15, -0.1) is 12.4 Å². The van der Waals surface area contributed by atoms with E-state index in [1.165, 1.54) is 0 Å². The van der Waals surface area contributed by atoms with E-state index in [0.29, 0.717) is 13.0 Å². The van der Waals surface area contributed by atoms with Crippen molar-refractivity contribution in [2.75, 3.05) is 19.6 Å². The molecule has 1 saturated heterocycles. The van der Waals surface area contributed by atoms with Gasteiger partial charge in [-0.25, -0.2) is 0 Å². The normalized spacial score (nSPS) is 22.2. The fourth-order valence-electron chi connectivity index (χ4n) is 2.34. The third-order valence-corrected chi connectivity index (χ3v) is 4.14. The smallest absolute Gasteiger partial charge is 0.227 e. The van der Waals surface area contributed by atoms with E-state index in [0.717, 1.165) is 29.5 Å². The molecule has 0 bridgehead atoms. The van der Waals surface area contributed by atoms with Crippen molar-refractivity contribution in [2.45, 2.75) is 19.8 Å². The van der Waals surface area contributed by atoms with Crippen LogP contribution in [0.3, 0.4) is 0 Å². The molecule has 106 valence electrons. The Morgan fingerprint density at radius 1 is 1.53 bits per heavy atom. The van der Waals surface area contributed by atoms with Crippen molar-refractivity contribution in [3.05, 3.63) is 34.3 Å². The summed E-state index contributed by atoms with van der Waals surface area (Å²) in [7, 11) is 0. The number of rotatable bonds is 3. The van der Waals surface area contributed by atoms with Gasteiger partial charge < -0.3 is 10.6 Å². The molecule has 0 saturated carbocycles. The van der Waals surface area contributed by atoms with Crippen molar-refractivity contribution in [3.8, 4) is 0 Å². The van der Waals surface area contributed by atoms with Gasteiger partial charge in [-0.2, -0.15) is 0 Å². The zero-order valence-corrected chi connectivity index (χ0v) is 13.5. The number of hydrogen-bond acceptors (Lipinski definition) is 2. The lowest BCUT2D eigenvalue weighted by Crippen LogP contribution is -2.35. The highest BCUT2D eigenvalue weighted by Gasteiger charge is 2.34. The Morgan fingerprint density at radius 2 is 2.26 bits per heavy atom. The molecule has 19 heavy (non-hydrogen) atoms. The highest BCUT2D eigenvalue weighted by Crippen LogP contribution is 2.28. The standard InChI is InChI=1S/C14H19BrN2O.ClH/c1-14(9-16)5-6-17(10-14)13(18)8-11-3-2-4-12(15)7-11;/h2-4,7H,5-6,8-10,16H2,1H3;1H. The number of nitrogens with two attached hydrogens (primary N) is 1. The first kappa shape index (κ1) is 16.5. The SMILES string of the molecule is CC1(CN)CCN(C(=O)Cc2cccc(Br)c2)C1.Cl. The highest BCUT2D eigenvalue weighted by molar-refractivity contribution is 9.10. The van der Waals surface area contributed by atoms with Crippen LogP contribution in [0.1, 0.15) is 18.9 Å². The lowest BCUT2D eigenvalue weighted by Gasteiger charge is -2.22. The predicted molar refractivity (Wildman–Crippen MR) is 83.5 cm³/mol. The van der Waals surface area contributed by atoms with Gasteiger partial charge >= 0.3 is 0 Å². The van der Waals surface area contributed by atoms with Crippen LogP contribution in [0.4, 0.5) is 0 Å². The fraction of sp³-hybridized carbons (Fsp3) is 0.500. The average molecular weight is 348 g/mol. The van der Waals surface area contributed by atoms with Crippen LogP contribution in [0.2, 0.25) is 0 Å². The fourth-order valence-corrected chi connectivity index (χ4v) is 2.78. The maximum atomic E-state index is 12.2. The molecule has 0 aromatic heterocycles. The predicted octanol–water partition coefficient (Wildman–Crippen LogP) is 2.61. The molecule has 1 unspecified atom stereocenters. The van der Waals surface area contributed by atoms with Crippen molar-refractivity contribution in [2.24, 2.45) is 11.1 Å². The molecule has 0 radical (unpaired) electrons. The zero-order chi connectivity index (χ0) is 13.2. The second-order valence-corrected chi connectivity index (χ2v) is 6.30. The summed E-state index contributed by atoms with van der Waals surface area (Å²) < 4.78 is 1.01. The molecule has 5 heteroatoms. The first-order chi connectivity index (χ1) is 8.52. The van der Waals surface area contributed by atoms with E-state index in [2.05, 4.69) is 22.9 Å². The lowest BCUT2D eigenvalue weighted by atomic mass is 9.90. The molecular formula is C14H20BrClN2O. The maximum Gasteiger partial charge on any atom is 0.227 e. The van der Waals surface area contributed by atoms with Crippen LogP contribution >= 0.6 is 28.3 Å². The van der Waals surface area contributed by atoms with Crippen LogP contribution in [0, 0.1) is 5.41 Å². The van der Waals surface area contributed by atoms with E-state index in [-0.39, 0.29) is 23.7 Å². The molecule has 1 aliphatic rings. The quantitative estimate of drug-likeness (QED) is 0.913. The Hall–Kier alpha value is -0.580. The van der Waals surface area contributed by atoms with Crippen molar-refractivity contribution < 1.29 is 4.79 Å². The Bertz CT molecular complexity index is 455. The van der Waals surface area contributed by atoms with Gasteiger partial charge in [0.25, 0.3) is 0 Å². The summed E-state index contributed by atoms with van der Waals surface area (Å²) in [6.07, 6.45) is 1.48. The molecule has 1 atom stereocenters. The first-order valence-electron chi connectivity index (χ1n) is 6.25. The summed E-state index contributed by atoms with van der Waals surface area (Å²) in [6, 6.07) is 7.91. The van der Waals surface area contributed by atoms with Crippen LogP contribution in [-0.4, -0.2) is 30.4 Å². The van der Waals surface area contributed by atoms with Crippen LogP contribution in [0.25, 0.3) is 0 Å². The molecular weight excluding hydrogens is 328 g/mol. The molecule has 1 amide bonds. The summed E-state index contributed by atoms with van der Waals surface area (Å²) >= 11 is 3.42. The number of benzene rings is 1. The molecule has 2 N–H and O–H groups in total. The molecule has 3 nitrogen and oxygen atoms in total. The second-order valence-electron chi connectivity index (χ2n) is 5.39. The number of carbonyl (C=O) groups excluding carboxylic acids is 1. The second kappa shape index (κ2) is 6.73. The van der Waals surface area contributed by atoms with Gasteiger partial charge in [0.15, 0.2) is 0 Å². The molecule has 0 spiro atoms. The van der Waals surface area contributed by atoms with Gasteiger partial charge in [-0.05, 0) is 36.1 Å². The van der Waals surface area contributed by atoms with Crippen LogP contribution in [0.5, 0.6) is 0 Å². The van der Waals surface area contributed by atoms with Crippen LogP contribution in [-0.2, 0) is 11.2 Å². The van der Waals surface area contributed by atoms with E-state index in [1.54, 1.807) is 0 Å². The molecule has 1 fully saturated rings. The molecule has 2 rings (SSSR count). The Labute approximate surface area is 129 Å². The summed E-state index contributed by atoms with van der Waals surface area (Å²) in [5, 5.41) is 0. The first-order valence-corrected chi connectivity index (χ1v) is 7.04. The van der Waals surface area contributed by atoms with E-state index >= 15 is 0 Å². The Morgan fingerprint density at radius 3 is 2.84 bits per heavy atom. The highest BCUT2D eigenvalue weighted by atomic mass is 79.9. The zero-order valence-electron chi connectivity index (χ0n) is 11.1. The molecule has 1 heterocycles. The maximum absolute atomic E-state index is 12.2. The van der Waals surface area contributed by atoms with Crippen molar-refractivity contribution >= 4 is 34.2 Å². The minimum absolute atomic E-state index is 0. The number of likely N-dealkylation sites (tertiary alicyclic amines) is 1. The minimum Gasteiger partial charge on any atom is -0.342 e. The van der Waals surface area contributed by atoms with Gasteiger partial charge in [-0.1, -0.05) is 35.0 Å². The third-order valence-electron chi connectivity index (χ3n) is 3.65. The molecule has 1 aromatic rings. The largest absolute Gasteiger partial charge is 0.342 e. The molecule has 1 aliphatic heterocycles. The number of amides is 1. The van der Waals surface area contributed by atoms with Crippen molar-refractivity contribution in [1.82, 2.24) is 4.90 Å². The summed E-state index contributed by atoms with van der Waals surface area (Å²) in [5.41, 5.74) is 6.91. The molecule has 1 aromatic carbocycles. The van der Waals surface area contributed by atoms with Gasteiger partial charge in [0.05, 0.1) is 6.42 Å². The number of nitrogens with zero attached hydrogens (tertiary/aromatic N) is 1. The number of halogens is 2. The minimum atomic E-state index is 0. The summed E-state index contributed by atoms with van der Waals surface area (Å²) in [4.78, 5) is 14.1. The van der Waals surface area contributed by atoms with Crippen molar-refractivity contribution in [3.63, 3.8) is 0 Å². The Kier molecular flexibility index (Phi) is 5.83. The van der Waals surface area contributed by atoms with Gasteiger partial charge in [-0.3, -0.25) is 4.79 Å². The van der Waals surface area contributed by atoms with Crippen LogP contribution < -0.4 is 5.73 Å². The van der Waals surface area contributed by atoms with Gasteiger partial charge in [0, 0.05) is 17.6 Å². The van der Waals surface area contributed by atoms with Gasteiger partial charge in [0.1, 0.15) is 0 Å². The number of carbonyl (C=O) groups is 1. The van der Waals surface area contributed by atoms with E-state index in [9.17, 15) is 4.79 Å². The lowest BCUT2D eigenvalue weighted by molar-refractivity contribution is -0.129. The third kappa shape index (κ3) is 4.20. The van der Waals surface area contributed by atoms with E-state index < -0.39 is 0 Å². The monoisotopic (exact) mass is 346 g/mol. The van der Waals surface area contributed by atoms with Crippen LogP contribution in [0.15, 0.2) is 28.7 Å². The molecule has 0 aliphatic carbocycles. The van der Waals surface area contributed by atoms with E-state index in [4.69, 9.17) is 5.73 Å². The van der Waals surface area contributed by atoms with Gasteiger partial charge in [0.2, 0.25) is 5.91 Å².